The van der Waals surface area contributed by atoms with Gasteiger partial charge in [0, 0.05) is 18.5 Å². The Morgan fingerprint density at radius 3 is 2.41 bits per heavy atom. The molecule has 3 rings (SSSR count). The van der Waals surface area contributed by atoms with E-state index in [1.807, 2.05) is 12.1 Å². The number of benzene rings is 2. The first-order valence-electron chi connectivity index (χ1n) is 7.93. The molecule has 0 saturated carbocycles. The minimum atomic E-state index is -3.83. The molecule has 0 aliphatic carbocycles. The van der Waals surface area contributed by atoms with Crippen LogP contribution in [0.5, 0.6) is 5.75 Å². The molecule has 0 bridgehead atoms. The van der Waals surface area contributed by atoms with Crippen molar-refractivity contribution in [3.05, 3.63) is 64.5 Å². The largest absolute Gasteiger partial charge is 0.497 e. The SMILES string of the molecule is COc1ccc(-c2nc(CCNS(=O)(=O)c3c(Cl)cccc3Cl)co2)cc1. The van der Waals surface area contributed by atoms with Gasteiger partial charge in [0.25, 0.3) is 0 Å². The normalized spacial score (nSPS) is 11.5. The van der Waals surface area contributed by atoms with E-state index < -0.39 is 10.0 Å². The van der Waals surface area contributed by atoms with Crippen LogP contribution in [-0.2, 0) is 16.4 Å². The maximum Gasteiger partial charge on any atom is 0.243 e. The smallest absolute Gasteiger partial charge is 0.243 e. The highest BCUT2D eigenvalue weighted by atomic mass is 35.5. The van der Waals surface area contributed by atoms with Gasteiger partial charge in [0.1, 0.15) is 16.9 Å². The van der Waals surface area contributed by atoms with Crippen molar-refractivity contribution in [2.75, 3.05) is 13.7 Å². The van der Waals surface area contributed by atoms with E-state index in [1.165, 1.54) is 18.4 Å². The van der Waals surface area contributed by atoms with Crippen molar-refractivity contribution >= 4 is 33.2 Å². The highest BCUT2D eigenvalue weighted by Crippen LogP contribution is 2.28. The Balaban J connectivity index is 1.65. The van der Waals surface area contributed by atoms with Gasteiger partial charge < -0.3 is 9.15 Å². The second kappa shape index (κ2) is 8.31. The summed E-state index contributed by atoms with van der Waals surface area (Å²) in [7, 11) is -2.24. The maximum atomic E-state index is 12.4. The number of nitrogens with zero attached hydrogens (tertiary/aromatic N) is 1. The number of oxazole rings is 1. The zero-order valence-electron chi connectivity index (χ0n) is 14.3. The van der Waals surface area contributed by atoms with Crippen molar-refractivity contribution < 1.29 is 17.6 Å². The molecule has 0 aliphatic heterocycles. The van der Waals surface area contributed by atoms with Gasteiger partial charge in [-0.25, -0.2) is 18.1 Å². The average Bonchev–Trinajstić information content (AvgIpc) is 3.10. The lowest BCUT2D eigenvalue weighted by Gasteiger charge is -2.09. The van der Waals surface area contributed by atoms with Gasteiger partial charge in [-0.2, -0.15) is 0 Å². The number of aromatic nitrogens is 1. The summed E-state index contributed by atoms with van der Waals surface area (Å²) in [5, 5.41) is 0.136. The summed E-state index contributed by atoms with van der Waals surface area (Å²) in [4.78, 5) is 4.24. The zero-order chi connectivity index (χ0) is 19.4. The average molecular weight is 427 g/mol. The van der Waals surface area contributed by atoms with E-state index in [0.29, 0.717) is 18.0 Å². The van der Waals surface area contributed by atoms with Gasteiger partial charge in [0.15, 0.2) is 0 Å². The molecule has 1 N–H and O–H groups in total. The van der Waals surface area contributed by atoms with E-state index in [9.17, 15) is 8.42 Å². The number of ether oxygens (including phenoxy) is 1. The van der Waals surface area contributed by atoms with Crippen LogP contribution in [0.2, 0.25) is 10.0 Å². The molecule has 2 aromatic carbocycles. The molecule has 0 aliphatic rings. The zero-order valence-corrected chi connectivity index (χ0v) is 16.6. The molecule has 3 aromatic rings. The van der Waals surface area contributed by atoms with Crippen molar-refractivity contribution in [2.24, 2.45) is 0 Å². The molecule has 142 valence electrons. The van der Waals surface area contributed by atoms with E-state index in [2.05, 4.69) is 9.71 Å². The molecule has 0 spiro atoms. The second-order valence-electron chi connectivity index (χ2n) is 5.57. The second-order valence-corrected chi connectivity index (χ2v) is 8.09. The third-order valence-corrected chi connectivity index (χ3v) is 6.17. The third kappa shape index (κ3) is 4.62. The Labute approximate surface area is 167 Å². The molecule has 1 aromatic heterocycles. The summed E-state index contributed by atoms with van der Waals surface area (Å²) in [5.41, 5.74) is 1.42. The molecular weight excluding hydrogens is 411 g/mol. The van der Waals surface area contributed by atoms with E-state index in [0.717, 1.165) is 11.3 Å². The molecule has 0 saturated heterocycles. The molecule has 1 heterocycles. The molecule has 0 amide bonds. The van der Waals surface area contributed by atoms with E-state index >= 15 is 0 Å². The van der Waals surface area contributed by atoms with Crippen LogP contribution in [0.15, 0.2) is 58.0 Å². The molecule has 0 radical (unpaired) electrons. The number of nitrogens with one attached hydrogen (secondary N) is 1. The number of hydrogen-bond acceptors (Lipinski definition) is 5. The van der Waals surface area contributed by atoms with Crippen molar-refractivity contribution in [1.82, 2.24) is 9.71 Å². The van der Waals surface area contributed by atoms with Gasteiger partial charge >= 0.3 is 0 Å². The highest BCUT2D eigenvalue weighted by molar-refractivity contribution is 7.89. The van der Waals surface area contributed by atoms with Crippen LogP contribution in [0, 0.1) is 0 Å². The summed E-state index contributed by atoms with van der Waals surface area (Å²) in [6.45, 7) is 0.123. The van der Waals surface area contributed by atoms with E-state index in [-0.39, 0.29) is 21.5 Å². The van der Waals surface area contributed by atoms with Gasteiger partial charge in [-0.3, -0.25) is 0 Å². The van der Waals surface area contributed by atoms with Crippen molar-refractivity contribution in [3.8, 4) is 17.2 Å². The molecular formula is C18H16Cl2N2O4S. The van der Waals surface area contributed by atoms with Crippen LogP contribution < -0.4 is 9.46 Å². The van der Waals surface area contributed by atoms with Gasteiger partial charge in [-0.1, -0.05) is 29.3 Å². The van der Waals surface area contributed by atoms with Crippen LogP contribution in [0.1, 0.15) is 5.69 Å². The van der Waals surface area contributed by atoms with Crippen LogP contribution in [0.3, 0.4) is 0 Å². The minimum Gasteiger partial charge on any atom is -0.497 e. The molecule has 0 unspecified atom stereocenters. The predicted octanol–water partition coefficient (Wildman–Crippen LogP) is 4.18. The van der Waals surface area contributed by atoms with Crippen LogP contribution >= 0.6 is 23.2 Å². The van der Waals surface area contributed by atoms with Crippen LogP contribution in [-0.4, -0.2) is 27.1 Å². The summed E-state index contributed by atoms with van der Waals surface area (Å²) in [6, 6.07) is 11.8. The number of hydrogen-bond donors (Lipinski definition) is 1. The Morgan fingerprint density at radius 1 is 1.11 bits per heavy atom. The summed E-state index contributed by atoms with van der Waals surface area (Å²) < 4.78 is 37.9. The minimum absolute atomic E-state index is 0.0678. The van der Waals surface area contributed by atoms with Crippen LogP contribution in [0.4, 0.5) is 0 Å². The lowest BCUT2D eigenvalue weighted by atomic mass is 10.2. The van der Waals surface area contributed by atoms with E-state index in [1.54, 1.807) is 25.3 Å². The Hall–Kier alpha value is -2.06. The standard InChI is InChI=1S/C18H16Cl2N2O4S/c1-25-14-7-5-12(6-8-14)18-22-13(11-26-18)9-10-21-27(23,24)17-15(19)3-2-4-16(17)20/h2-8,11,21H,9-10H2,1H3. The van der Waals surface area contributed by atoms with Crippen LogP contribution in [0.25, 0.3) is 11.5 Å². The van der Waals surface area contributed by atoms with Gasteiger partial charge in [-0.15, -0.1) is 0 Å². The van der Waals surface area contributed by atoms with Crippen molar-refractivity contribution in [1.29, 1.82) is 0 Å². The first-order valence-corrected chi connectivity index (χ1v) is 10.2. The molecule has 27 heavy (non-hydrogen) atoms. The van der Waals surface area contributed by atoms with Gasteiger partial charge in [0.2, 0.25) is 15.9 Å². The Bertz CT molecular complexity index is 1010. The monoisotopic (exact) mass is 426 g/mol. The summed E-state index contributed by atoms with van der Waals surface area (Å²) in [6.07, 6.45) is 1.84. The van der Waals surface area contributed by atoms with Gasteiger partial charge in [-0.05, 0) is 36.4 Å². The van der Waals surface area contributed by atoms with Gasteiger partial charge in [0.05, 0.1) is 22.8 Å². The third-order valence-electron chi connectivity index (χ3n) is 3.75. The fourth-order valence-electron chi connectivity index (χ4n) is 2.41. The number of halogens is 2. The topological polar surface area (TPSA) is 81.4 Å². The first kappa shape index (κ1) is 19.7. The molecule has 0 fully saturated rings. The van der Waals surface area contributed by atoms with Crippen molar-refractivity contribution in [2.45, 2.75) is 11.3 Å². The Kier molecular flexibility index (Phi) is 6.06. The summed E-state index contributed by atoms with van der Waals surface area (Å²) in [5.74, 6) is 1.18. The first-order chi connectivity index (χ1) is 12.9. The number of methoxy groups -OCH3 is 1. The maximum absolute atomic E-state index is 12.4. The number of rotatable bonds is 7. The molecule has 6 nitrogen and oxygen atoms in total. The molecule has 0 atom stereocenters. The highest BCUT2D eigenvalue weighted by Gasteiger charge is 2.21. The lowest BCUT2D eigenvalue weighted by molar-refractivity contribution is 0.415. The quantitative estimate of drug-likeness (QED) is 0.612. The number of sulfonamides is 1. The Morgan fingerprint density at radius 2 is 1.78 bits per heavy atom. The summed E-state index contributed by atoms with van der Waals surface area (Å²) >= 11 is 11.9. The fraction of sp³-hybridized carbons (Fsp3) is 0.167. The predicted molar refractivity (Wildman–Crippen MR) is 104 cm³/mol. The lowest BCUT2D eigenvalue weighted by Crippen LogP contribution is -2.26. The molecule has 9 heteroatoms. The van der Waals surface area contributed by atoms with E-state index in [4.69, 9.17) is 32.4 Å². The van der Waals surface area contributed by atoms with Crippen molar-refractivity contribution in [3.63, 3.8) is 0 Å². The fourth-order valence-corrected chi connectivity index (χ4v) is 4.58.